The second kappa shape index (κ2) is 17.4. The molecule has 0 bridgehead atoms. The summed E-state index contributed by atoms with van der Waals surface area (Å²) in [6, 6.07) is 20.5. The molecule has 5 heterocycles. The van der Waals surface area contributed by atoms with Gasteiger partial charge in [0.1, 0.15) is 11.6 Å². The number of nitrogens with one attached hydrogen (secondary N) is 4. The average molecular weight is 894 g/mol. The van der Waals surface area contributed by atoms with Gasteiger partial charge in [-0.05, 0) is 96.8 Å². The van der Waals surface area contributed by atoms with Gasteiger partial charge in [0.15, 0.2) is 11.4 Å². The van der Waals surface area contributed by atoms with Crippen LogP contribution in [0.15, 0.2) is 95.7 Å². The molecule has 16 nitrogen and oxygen atoms in total. The number of aromatic nitrogens is 4. The van der Waals surface area contributed by atoms with Crippen molar-refractivity contribution in [2.45, 2.75) is 56.6 Å². The molecule has 6 aromatic rings. The third-order valence-electron chi connectivity index (χ3n) is 12.2. The SMILES string of the molecule is CC1(C)CCC(CNCCNc2ccc(C(=O)NS(=O)(=O)c3ccc(OC4CCN(C5COC5)C4)c([N+](=O)[O-])c3)c(-n3[nH]cc4nc5nccc5cc43)c2)=C(c2ccc(Cl)cc2)C1. The Hall–Kier alpha value is -5.85. The van der Waals surface area contributed by atoms with Gasteiger partial charge in [-0.15, -0.1) is 0 Å². The predicted molar refractivity (Wildman–Crippen MR) is 241 cm³/mol. The minimum absolute atomic E-state index is 0.0238. The first kappa shape index (κ1) is 42.5. The van der Waals surface area contributed by atoms with E-state index in [1.165, 1.54) is 28.8 Å². The number of pyridine rings is 1. The molecule has 328 valence electrons. The van der Waals surface area contributed by atoms with E-state index in [-0.39, 0.29) is 22.8 Å². The zero-order valence-corrected chi connectivity index (χ0v) is 36.5. The van der Waals surface area contributed by atoms with Gasteiger partial charge in [-0.3, -0.25) is 29.6 Å². The summed E-state index contributed by atoms with van der Waals surface area (Å²) in [6.07, 6.45) is 6.80. The van der Waals surface area contributed by atoms with Crippen molar-refractivity contribution in [3.63, 3.8) is 0 Å². The summed E-state index contributed by atoms with van der Waals surface area (Å²) in [5.41, 5.74) is 6.46. The van der Waals surface area contributed by atoms with E-state index in [0.717, 1.165) is 43.8 Å². The van der Waals surface area contributed by atoms with Crippen molar-refractivity contribution in [3.8, 4) is 11.4 Å². The molecule has 0 spiro atoms. The molecule has 3 aliphatic rings. The molecule has 9 rings (SSSR count). The number of anilines is 1. The number of aromatic amines is 1. The summed E-state index contributed by atoms with van der Waals surface area (Å²) in [4.78, 5) is 36.3. The molecule has 2 aliphatic heterocycles. The van der Waals surface area contributed by atoms with Crippen LogP contribution >= 0.6 is 11.6 Å². The summed E-state index contributed by atoms with van der Waals surface area (Å²) in [5, 5.41) is 23.9. The zero-order valence-electron chi connectivity index (χ0n) is 34.9. The number of allylic oxidation sites excluding steroid dienone is 1. The molecule has 2 saturated heterocycles. The lowest BCUT2D eigenvalue weighted by Crippen LogP contribution is -2.48. The highest BCUT2D eigenvalue weighted by molar-refractivity contribution is 7.90. The summed E-state index contributed by atoms with van der Waals surface area (Å²) in [5.74, 6) is -0.981. The maximum absolute atomic E-state index is 14.1. The summed E-state index contributed by atoms with van der Waals surface area (Å²) in [6.45, 7) is 9.20. The average Bonchev–Trinajstić information content (AvgIpc) is 4.00. The molecule has 0 radical (unpaired) electrons. The number of likely N-dealkylation sites (tertiary alicyclic amines) is 1. The van der Waals surface area contributed by atoms with Crippen LogP contribution in [0.25, 0.3) is 33.3 Å². The number of nitro groups is 1. The number of benzene rings is 3. The lowest BCUT2D eigenvalue weighted by molar-refractivity contribution is -0.386. The maximum atomic E-state index is 14.1. The van der Waals surface area contributed by atoms with Crippen LogP contribution in [0.3, 0.4) is 0 Å². The molecule has 18 heteroatoms. The Morgan fingerprint density at radius 2 is 1.90 bits per heavy atom. The number of carbonyl (C=O) groups is 1. The molecule has 1 atom stereocenters. The Bertz CT molecular complexity index is 2850. The van der Waals surface area contributed by atoms with E-state index in [4.69, 9.17) is 21.1 Å². The summed E-state index contributed by atoms with van der Waals surface area (Å²) < 4.78 is 42.7. The Labute approximate surface area is 369 Å². The van der Waals surface area contributed by atoms with Gasteiger partial charge >= 0.3 is 5.69 Å². The van der Waals surface area contributed by atoms with E-state index in [0.29, 0.717) is 78.4 Å². The molecule has 63 heavy (non-hydrogen) atoms. The molecule has 3 aromatic carbocycles. The standard InChI is InChI=1S/C45H48ClN9O7S/c1-45(2)14-11-30(37(22-45)28-3-5-31(46)6-4-28)23-47-16-17-48-32-7-9-36(39(20-32)54-40-19-29-12-15-49-43(29)51-38(40)24-50-54)44(56)52-63(59,60)35-8-10-42(41(21-35)55(57)58)62-34-13-18-53(25-34)33-26-61-27-33/h3-10,12,15,19-21,24,33-34,47-48,50H,11,13-14,16-18,22-23,25-27H2,1-2H3,(H,52,56). The topological polar surface area (TPSA) is 199 Å². The predicted octanol–water partition coefficient (Wildman–Crippen LogP) is 7.10. The van der Waals surface area contributed by atoms with E-state index in [1.807, 2.05) is 24.3 Å². The number of hydrogen-bond donors (Lipinski definition) is 4. The lowest BCUT2D eigenvalue weighted by atomic mass is 9.72. The Morgan fingerprint density at radius 1 is 1.08 bits per heavy atom. The minimum Gasteiger partial charge on any atom is -0.482 e. The number of fused-ring (bicyclic) bond motifs is 2. The van der Waals surface area contributed by atoms with Gasteiger partial charge in [0.05, 0.1) is 45.8 Å². The minimum atomic E-state index is -4.60. The van der Waals surface area contributed by atoms with Crippen LogP contribution in [-0.4, -0.2) is 102 Å². The number of carbonyl (C=O) groups excluding carboxylic acids is 1. The number of amides is 1. The van der Waals surface area contributed by atoms with Crippen LogP contribution in [0, 0.1) is 15.5 Å². The van der Waals surface area contributed by atoms with E-state index >= 15 is 0 Å². The molecular formula is C45H48ClN9O7S. The first-order chi connectivity index (χ1) is 30.3. The van der Waals surface area contributed by atoms with Crippen molar-refractivity contribution in [2.24, 2.45) is 5.41 Å². The zero-order chi connectivity index (χ0) is 43.9. The van der Waals surface area contributed by atoms with Crippen molar-refractivity contribution >= 4 is 66.5 Å². The fourth-order valence-corrected chi connectivity index (χ4v) is 9.70. The van der Waals surface area contributed by atoms with E-state index < -0.39 is 31.4 Å². The smallest absolute Gasteiger partial charge is 0.312 e. The van der Waals surface area contributed by atoms with Crippen molar-refractivity contribution in [2.75, 3.05) is 51.3 Å². The van der Waals surface area contributed by atoms with Crippen LogP contribution in [-0.2, 0) is 14.8 Å². The van der Waals surface area contributed by atoms with E-state index in [1.54, 1.807) is 35.3 Å². The van der Waals surface area contributed by atoms with Gasteiger partial charge in [-0.2, -0.15) is 0 Å². The normalized spacial score (nSPS) is 18.2. The lowest BCUT2D eigenvalue weighted by Gasteiger charge is -2.34. The first-order valence-corrected chi connectivity index (χ1v) is 22.9. The molecule has 2 fully saturated rings. The highest BCUT2D eigenvalue weighted by atomic mass is 35.5. The number of H-pyrrole nitrogens is 1. The monoisotopic (exact) mass is 893 g/mol. The van der Waals surface area contributed by atoms with E-state index in [9.17, 15) is 23.3 Å². The number of ether oxygens (including phenoxy) is 2. The number of nitrogens with zero attached hydrogens (tertiary/aromatic N) is 5. The molecular weight excluding hydrogens is 846 g/mol. The van der Waals surface area contributed by atoms with Crippen LogP contribution in [0.2, 0.25) is 5.02 Å². The summed E-state index contributed by atoms with van der Waals surface area (Å²) in [7, 11) is -4.60. The largest absolute Gasteiger partial charge is 0.482 e. The van der Waals surface area contributed by atoms with Gasteiger partial charge in [0.2, 0.25) is 0 Å². The molecule has 1 unspecified atom stereocenters. The fourth-order valence-electron chi connectivity index (χ4n) is 8.59. The number of sulfonamides is 1. The van der Waals surface area contributed by atoms with Gasteiger partial charge in [0.25, 0.3) is 15.9 Å². The number of rotatable bonds is 15. The summed E-state index contributed by atoms with van der Waals surface area (Å²) >= 11 is 6.20. The van der Waals surface area contributed by atoms with Gasteiger partial charge in [-0.1, -0.05) is 43.2 Å². The molecule has 4 N–H and O–H groups in total. The Balaban J connectivity index is 0.933. The van der Waals surface area contributed by atoms with Crippen LogP contribution in [0.4, 0.5) is 11.4 Å². The van der Waals surface area contributed by atoms with Gasteiger partial charge in [0, 0.05) is 67.3 Å². The van der Waals surface area contributed by atoms with Crippen molar-refractivity contribution in [3.05, 3.63) is 117 Å². The van der Waals surface area contributed by atoms with Crippen LogP contribution in [0.1, 0.15) is 55.5 Å². The van der Waals surface area contributed by atoms with Crippen molar-refractivity contribution < 1.29 is 27.6 Å². The van der Waals surface area contributed by atoms with E-state index in [2.05, 4.69) is 61.3 Å². The Morgan fingerprint density at radius 3 is 2.68 bits per heavy atom. The third kappa shape index (κ3) is 9.15. The highest BCUT2D eigenvalue weighted by Crippen LogP contribution is 2.43. The quantitative estimate of drug-likeness (QED) is 0.0464. The molecule has 0 saturated carbocycles. The molecule has 1 aliphatic carbocycles. The van der Waals surface area contributed by atoms with Gasteiger partial charge < -0.3 is 20.1 Å². The van der Waals surface area contributed by atoms with Crippen molar-refractivity contribution in [1.82, 2.24) is 34.7 Å². The van der Waals surface area contributed by atoms with Crippen molar-refractivity contribution in [1.29, 1.82) is 0 Å². The van der Waals surface area contributed by atoms with Crippen LogP contribution < -0.4 is 20.1 Å². The second-order valence-electron chi connectivity index (χ2n) is 17.2. The van der Waals surface area contributed by atoms with Crippen LogP contribution in [0.5, 0.6) is 5.75 Å². The number of nitro benzene ring substituents is 1. The number of halogens is 1. The highest BCUT2D eigenvalue weighted by Gasteiger charge is 2.35. The maximum Gasteiger partial charge on any atom is 0.312 e. The number of hydrogen-bond acceptors (Lipinski definition) is 12. The Kier molecular flexibility index (Phi) is 11.7. The third-order valence-corrected chi connectivity index (χ3v) is 13.7. The second-order valence-corrected chi connectivity index (χ2v) is 19.3. The molecule has 3 aromatic heterocycles. The van der Waals surface area contributed by atoms with Gasteiger partial charge in [-0.25, -0.2) is 23.1 Å². The fraction of sp³-hybridized carbons (Fsp3) is 0.356. The first-order valence-electron chi connectivity index (χ1n) is 21.0. The molecule has 1 amide bonds.